The molecule has 3 nitrogen and oxygen atoms in total. The molecule has 4 heteroatoms. The Bertz CT molecular complexity index is 104. The first kappa shape index (κ1) is 9.49. The van der Waals surface area contributed by atoms with Gasteiger partial charge >= 0.3 is 5.97 Å². The lowest BCUT2D eigenvalue weighted by Crippen LogP contribution is -2.17. The lowest BCUT2D eigenvalue weighted by molar-refractivity contribution is -0.140. The quantitative estimate of drug-likeness (QED) is 0.445. The van der Waals surface area contributed by atoms with Crippen molar-refractivity contribution in [1.29, 1.82) is 0 Å². The van der Waals surface area contributed by atoms with Crippen LogP contribution < -0.4 is 5.73 Å². The van der Waals surface area contributed by atoms with Gasteiger partial charge in [-0.2, -0.15) is 0 Å². The lowest BCUT2D eigenvalue weighted by atomic mass is 9.65. The molecule has 10 heavy (non-hydrogen) atoms. The van der Waals surface area contributed by atoms with Crippen molar-refractivity contribution in [2.45, 2.75) is 19.1 Å². The van der Waals surface area contributed by atoms with Crippen LogP contribution in [0.3, 0.4) is 0 Å². The van der Waals surface area contributed by atoms with E-state index >= 15 is 0 Å². The number of hydrogen-bond donors (Lipinski definition) is 1. The minimum Gasteiger partial charge on any atom is -0.469 e. The Kier molecular flexibility index (Phi) is 5.03. The van der Waals surface area contributed by atoms with E-state index in [4.69, 9.17) is 5.73 Å². The van der Waals surface area contributed by atoms with Crippen LogP contribution in [0.5, 0.6) is 0 Å². The van der Waals surface area contributed by atoms with E-state index in [0.717, 1.165) is 0 Å². The summed E-state index contributed by atoms with van der Waals surface area (Å²) in [4.78, 5) is 10.6. The first-order valence-electron chi connectivity index (χ1n) is 3.31. The van der Waals surface area contributed by atoms with Crippen molar-refractivity contribution in [2.24, 2.45) is 5.73 Å². The fourth-order valence-electron chi connectivity index (χ4n) is 0.635. The standard InChI is InChI=1S/C6H13BNO2/c1-7-5(4-8)3-6(9)10-2/h5H,3-4,8H2,1-2H3. The summed E-state index contributed by atoms with van der Waals surface area (Å²) in [5.74, 6) is -0.0407. The van der Waals surface area contributed by atoms with Crippen molar-refractivity contribution in [3.05, 3.63) is 0 Å². The molecule has 0 bridgehead atoms. The smallest absolute Gasteiger partial charge is 0.305 e. The van der Waals surface area contributed by atoms with Crippen LogP contribution in [-0.2, 0) is 9.53 Å². The molecule has 0 fully saturated rings. The fraction of sp³-hybridized carbons (Fsp3) is 0.833. The average molecular weight is 142 g/mol. The Labute approximate surface area is 62.2 Å². The molecule has 0 aromatic rings. The summed E-state index contributed by atoms with van der Waals surface area (Å²) in [7, 11) is 3.29. The van der Waals surface area contributed by atoms with E-state index in [-0.39, 0.29) is 11.8 Å². The summed E-state index contributed by atoms with van der Waals surface area (Å²) in [5.41, 5.74) is 5.35. The van der Waals surface area contributed by atoms with Gasteiger partial charge in [-0.1, -0.05) is 6.82 Å². The van der Waals surface area contributed by atoms with Gasteiger partial charge in [0, 0.05) is 6.42 Å². The second kappa shape index (κ2) is 5.29. The van der Waals surface area contributed by atoms with Crippen molar-refractivity contribution in [2.75, 3.05) is 13.7 Å². The zero-order valence-electron chi connectivity index (χ0n) is 6.46. The number of hydrogen-bond acceptors (Lipinski definition) is 3. The minimum absolute atomic E-state index is 0.160. The number of esters is 1. The van der Waals surface area contributed by atoms with E-state index in [1.54, 1.807) is 0 Å². The van der Waals surface area contributed by atoms with Gasteiger partial charge in [0.2, 0.25) is 0 Å². The Morgan fingerprint density at radius 1 is 1.80 bits per heavy atom. The van der Waals surface area contributed by atoms with Gasteiger partial charge in [-0.15, -0.1) is 0 Å². The van der Waals surface area contributed by atoms with Crippen molar-refractivity contribution < 1.29 is 9.53 Å². The monoisotopic (exact) mass is 142 g/mol. The molecular formula is C6H13BNO2. The topological polar surface area (TPSA) is 52.3 Å². The zero-order chi connectivity index (χ0) is 7.98. The minimum atomic E-state index is -0.200. The molecule has 0 amide bonds. The molecule has 2 N–H and O–H groups in total. The van der Waals surface area contributed by atoms with Gasteiger partial charge < -0.3 is 10.5 Å². The molecule has 1 unspecified atom stereocenters. The summed E-state index contributed by atoms with van der Waals surface area (Å²) in [6.45, 7) is 2.39. The molecular weight excluding hydrogens is 129 g/mol. The number of rotatable bonds is 4. The third-order valence-corrected chi connectivity index (χ3v) is 1.43. The maximum atomic E-state index is 10.6. The van der Waals surface area contributed by atoms with E-state index in [9.17, 15) is 4.79 Å². The summed E-state index contributed by atoms with van der Waals surface area (Å²) in [5, 5.41) is 0. The summed E-state index contributed by atoms with van der Waals surface area (Å²) in [6.07, 6.45) is 0.392. The third kappa shape index (κ3) is 3.51. The van der Waals surface area contributed by atoms with Crippen LogP contribution in [0.2, 0.25) is 12.6 Å². The van der Waals surface area contributed by atoms with Gasteiger partial charge in [0.1, 0.15) is 7.28 Å². The highest BCUT2D eigenvalue weighted by atomic mass is 16.5. The second-order valence-corrected chi connectivity index (χ2v) is 2.11. The number of carbonyl (C=O) groups is 1. The highest BCUT2D eigenvalue weighted by Gasteiger charge is 2.09. The first-order chi connectivity index (χ1) is 4.74. The number of carbonyl (C=O) groups excluding carboxylic acids is 1. The first-order valence-corrected chi connectivity index (χ1v) is 3.31. The van der Waals surface area contributed by atoms with Gasteiger partial charge in [0.05, 0.1) is 7.11 Å². The van der Waals surface area contributed by atoms with Crippen molar-refractivity contribution in [3.63, 3.8) is 0 Å². The molecule has 0 heterocycles. The summed E-state index contributed by atoms with van der Waals surface area (Å²) >= 11 is 0. The van der Waals surface area contributed by atoms with Crippen molar-refractivity contribution in [1.82, 2.24) is 0 Å². The van der Waals surface area contributed by atoms with Crippen molar-refractivity contribution >= 4 is 13.2 Å². The molecule has 0 aliphatic heterocycles. The molecule has 57 valence electrons. The van der Waals surface area contributed by atoms with Gasteiger partial charge in [0.15, 0.2) is 0 Å². The van der Waals surface area contributed by atoms with Crippen molar-refractivity contribution in [3.8, 4) is 0 Å². The van der Waals surface area contributed by atoms with Gasteiger partial charge in [0.25, 0.3) is 0 Å². The largest absolute Gasteiger partial charge is 0.469 e. The third-order valence-electron chi connectivity index (χ3n) is 1.43. The Morgan fingerprint density at radius 2 is 2.40 bits per heavy atom. The number of ether oxygens (including phenoxy) is 1. The van der Waals surface area contributed by atoms with Gasteiger partial charge in [-0.3, -0.25) is 4.79 Å². The Hall–Kier alpha value is -0.505. The summed E-state index contributed by atoms with van der Waals surface area (Å²) < 4.78 is 4.47. The van der Waals surface area contributed by atoms with Crippen LogP contribution in [0.25, 0.3) is 0 Å². The maximum Gasteiger partial charge on any atom is 0.305 e. The van der Waals surface area contributed by atoms with Crippen LogP contribution in [-0.4, -0.2) is 26.9 Å². The van der Waals surface area contributed by atoms with E-state index in [1.165, 1.54) is 7.11 Å². The number of methoxy groups -OCH3 is 1. The van der Waals surface area contributed by atoms with Crippen LogP contribution >= 0.6 is 0 Å². The average Bonchev–Trinajstić information content (AvgIpc) is 1.99. The van der Waals surface area contributed by atoms with Gasteiger partial charge in [-0.25, -0.2) is 0 Å². The molecule has 0 saturated heterocycles. The van der Waals surface area contributed by atoms with Crippen LogP contribution in [0.4, 0.5) is 0 Å². The Morgan fingerprint density at radius 3 is 2.70 bits per heavy atom. The Balaban J connectivity index is 3.52. The molecule has 0 saturated carbocycles. The molecule has 0 aromatic heterocycles. The van der Waals surface area contributed by atoms with Crippen LogP contribution in [0.15, 0.2) is 0 Å². The van der Waals surface area contributed by atoms with Crippen LogP contribution in [0.1, 0.15) is 6.42 Å². The van der Waals surface area contributed by atoms with Crippen LogP contribution in [0, 0.1) is 0 Å². The highest BCUT2D eigenvalue weighted by molar-refractivity contribution is 6.36. The molecule has 0 aromatic carbocycles. The molecule has 0 spiro atoms. The normalized spacial score (nSPS) is 12.3. The second-order valence-electron chi connectivity index (χ2n) is 2.11. The molecule has 1 atom stereocenters. The van der Waals surface area contributed by atoms with Gasteiger partial charge in [-0.05, 0) is 12.4 Å². The molecule has 1 radical (unpaired) electrons. The van der Waals surface area contributed by atoms with E-state index in [2.05, 4.69) is 4.74 Å². The maximum absolute atomic E-state index is 10.6. The van der Waals surface area contributed by atoms with E-state index in [0.29, 0.717) is 13.0 Å². The zero-order valence-corrected chi connectivity index (χ0v) is 6.46. The highest BCUT2D eigenvalue weighted by Crippen LogP contribution is 2.06. The number of nitrogens with two attached hydrogens (primary N) is 1. The SMILES string of the molecule is C[B]C(CN)CC(=O)OC. The van der Waals surface area contributed by atoms with E-state index in [1.807, 2.05) is 14.1 Å². The molecule has 0 aliphatic rings. The lowest BCUT2D eigenvalue weighted by Gasteiger charge is -2.08. The predicted molar refractivity (Wildman–Crippen MR) is 41.1 cm³/mol. The predicted octanol–water partition coefficient (Wildman–Crippen LogP) is 0.0490. The van der Waals surface area contributed by atoms with E-state index < -0.39 is 0 Å². The summed E-state index contributed by atoms with van der Waals surface area (Å²) in [6, 6.07) is 0. The molecule has 0 aliphatic carbocycles. The molecule has 0 rings (SSSR count). The fourth-order valence-corrected chi connectivity index (χ4v) is 0.635.